The van der Waals surface area contributed by atoms with Crippen molar-refractivity contribution in [2.24, 2.45) is 4.99 Å². The highest BCUT2D eigenvalue weighted by molar-refractivity contribution is 8.14. The summed E-state index contributed by atoms with van der Waals surface area (Å²) < 4.78 is 1.94. The van der Waals surface area contributed by atoms with Gasteiger partial charge < -0.3 is 0 Å². The Morgan fingerprint density at radius 2 is 2.36 bits per heavy atom. The molecule has 0 spiro atoms. The smallest absolute Gasteiger partial charge is 0.181 e. The van der Waals surface area contributed by atoms with Gasteiger partial charge in [0.2, 0.25) is 0 Å². The number of imidazole rings is 1. The number of aromatic nitrogens is 4. The molecule has 14 heavy (non-hydrogen) atoms. The Hall–Kier alpha value is -1.43. The molecular formula is C8H7N5S. The van der Waals surface area contributed by atoms with E-state index >= 15 is 0 Å². The molecule has 2 aromatic rings. The van der Waals surface area contributed by atoms with Crippen molar-refractivity contribution in [2.45, 2.75) is 0 Å². The van der Waals surface area contributed by atoms with Crippen molar-refractivity contribution in [1.82, 2.24) is 19.5 Å². The second-order valence-corrected chi connectivity index (χ2v) is 3.92. The minimum atomic E-state index is 0.718. The molecule has 1 aliphatic rings. The van der Waals surface area contributed by atoms with E-state index in [0.717, 1.165) is 28.6 Å². The van der Waals surface area contributed by atoms with Crippen LogP contribution in [0.4, 0.5) is 0 Å². The normalized spacial score (nSPS) is 16.1. The summed E-state index contributed by atoms with van der Waals surface area (Å²) in [5.74, 6) is 1.04. The first kappa shape index (κ1) is 7.93. The van der Waals surface area contributed by atoms with Gasteiger partial charge in [-0.05, 0) is 0 Å². The third kappa shape index (κ3) is 1.11. The molecule has 1 aliphatic heterocycles. The van der Waals surface area contributed by atoms with Gasteiger partial charge in [0.15, 0.2) is 10.8 Å². The van der Waals surface area contributed by atoms with E-state index in [4.69, 9.17) is 0 Å². The number of rotatable bonds is 0. The van der Waals surface area contributed by atoms with Crippen molar-refractivity contribution in [2.75, 3.05) is 12.3 Å². The van der Waals surface area contributed by atoms with Crippen LogP contribution < -0.4 is 0 Å². The number of hydrogen-bond acceptors (Lipinski definition) is 5. The summed E-state index contributed by atoms with van der Waals surface area (Å²) in [5.41, 5.74) is 1.64. The number of fused-ring (bicyclic) bond motifs is 1. The van der Waals surface area contributed by atoms with Crippen LogP contribution in [0.3, 0.4) is 0 Å². The van der Waals surface area contributed by atoms with Crippen molar-refractivity contribution in [3.63, 3.8) is 0 Å². The maximum absolute atomic E-state index is 4.38. The Labute approximate surface area is 84.3 Å². The van der Waals surface area contributed by atoms with Gasteiger partial charge in [0.05, 0.1) is 12.7 Å². The molecule has 6 heteroatoms. The average molecular weight is 205 g/mol. The van der Waals surface area contributed by atoms with Gasteiger partial charge >= 0.3 is 0 Å². The fourth-order valence-electron chi connectivity index (χ4n) is 1.38. The van der Waals surface area contributed by atoms with E-state index in [1.165, 1.54) is 6.33 Å². The van der Waals surface area contributed by atoms with Crippen molar-refractivity contribution in [3.05, 3.63) is 18.9 Å². The summed E-state index contributed by atoms with van der Waals surface area (Å²) in [5, 5.41) is 0.988. The van der Waals surface area contributed by atoms with Gasteiger partial charge in [-0.1, -0.05) is 11.8 Å². The molecule has 2 aromatic heterocycles. The monoisotopic (exact) mass is 205 g/mol. The molecule has 70 valence electrons. The fourth-order valence-corrected chi connectivity index (χ4v) is 2.21. The van der Waals surface area contributed by atoms with Crippen LogP contribution in [0, 0.1) is 0 Å². The first-order valence-corrected chi connectivity index (χ1v) is 5.24. The highest BCUT2D eigenvalue weighted by Crippen LogP contribution is 2.17. The highest BCUT2D eigenvalue weighted by Gasteiger charge is 2.12. The van der Waals surface area contributed by atoms with Gasteiger partial charge in [-0.25, -0.2) is 15.0 Å². The number of hydrogen-bond donors (Lipinski definition) is 0. The number of nitrogens with zero attached hydrogens (tertiary/aromatic N) is 5. The minimum Gasteiger partial charge on any atom is -0.274 e. The predicted molar refractivity (Wildman–Crippen MR) is 55.5 cm³/mol. The lowest BCUT2D eigenvalue weighted by Crippen LogP contribution is -2.03. The largest absolute Gasteiger partial charge is 0.274 e. The lowest BCUT2D eigenvalue weighted by Gasteiger charge is -1.99. The molecule has 0 atom stereocenters. The van der Waals surface area contributed by atoms with E-state index in [1.54, 1.807) is 24.3 Å². The zero-order valence-corrected chi connectivity index (χ0v) is 8.11. The summed E-state index contributed by atoms with van der Waals surface area (Å²) in [4.78, 5) is 16.6. The van der Waals surface area contributed by atoms with Crippen LogP contribution >= 0.6 is 11.8 Å². The Kier molecular flexibility index (Phi) is 1.73. The van der Waals surface area contributed by atoms with Crippen LogP contribution in [0.5, 0.6) is 0 Å². The predicted octanol–water partition coefficient (Wildman–Crippen LogP) is 0.777. The first-order chi connectivity index (χ1) is 6.95. The van der Waals surface area contributed by atoms with E-state index in [9.17, 15) is 0 Å². The highest BCUT2D eigenvalue weighted by atomic mass is 32.2. The zero-order valence-electron chi connectivity index (χ0n) is 7.29. The summed E-state index contributed by atoms with van der Waals surface area (Å²) >= 11 is 1.73. The van der Waals surface area contributed by atoms with E-state index in [2.05, 4.69) is 19.9 Å². The van der Waals surface area contributed by atoms with Crippen molar-refractivity contribution < 1.29 is 0 Å². The van der Waals surface area contributed by atoms with Gasteiger partial charge in [0.25, 0.3) is 0 Å². The molecule has 0 N–H and O–H groups in total. The maximum atomic E-state index is 4.38. The topological polar surface area (TPSA) is 56.0 Å². The molecule has 0 bridgehead atoms. The molecule has 3 rings (SSSR count). The van der Waals surface area contributed by atoms with Crippen molar-refractivity contribution in [3.8, 4) is 0 Å². The van der Waals surface area contributed by atoms with Gasteiger partial charge in [0, 0.05) is 5.75 Å². The third-order valence-corrected chi connectivity index (χ3v) is 2.97. The molecular weight excluding hydrogens is 198 g/mol. The van der Waals surface area contributed by atoms with E-state index in [-0.39, 0.29) is 0 Å². The quantitative estimate of drug-likeness (QED) is 0.637. The van der Waals surface area contributed by atoms with Crippen LogP contribution in [0.2, 0.25) is 0 Å². The molecule has 0 aliphatic carbocycles. The summed E-state index contributed by atoms with van der Waals surface area (Å²) in [6.07, 6.45) is 5.01. The van der Waals surface area contributed by atoms with Crippen LogP contribution in [0.1, 0.15) is 0 Å². The lowest BCUT2D eigenvalue weighted by molar-refractivity contribution is 1.12. The number of thioether (sulfide) groups is 1. The SMILES string of the molecule is c1ncc2c(n1)ncn2C1=NCCS1. The molecule has 0 saturated heterocycles. The fraction of sp³-hybridized carbons (Fsp3) is 0.250. The van der Waals surface area contributed by atoms with Gasteiger partial charge in [-0.15, -0.1) is 0 Å². The van der Waals surface area contributed by atoms with Crippen LogP contribution in [-0.4, -0.2) is 37.0 Å². The second kappa shape index (κ2) is 3.06. The zero-order chi connectivity index (χ0) is 9.38. The van der Waals surface area contributed by atoms with E-state index in [1.807, 2.05) is 4.57 Å². The van der Waals surface area contributed by atoms with E-state index < -0.39 is 0 Å². The summed E-state index contributed by atoms with van der Waals surface area (Å²) in [7, 11) is 0. The Morgan fingerprint density at radius 3 is 3.21 bits per heavy atom. The van der Waals surface area contributed by atoms with Gasteiger partial charge in [-0.3, -0.25) is 9.56 Å². The lowest BCUT2D eigenvalue weighted by atomic mass is 10.5. The van der Waals surface area contributed by atoms with Crippen LogP contribution in [0.15, 0.2) is 23.8 Å². The van der Waals surface area contributed by atoms with E-state index in [0.29, 0.717) is 0 Å². The molecule has 0 radical (unpaired) electrons. The van der Waals surface area contributed by atoms with Crippen molar-refractivity contribution in [1.29, 1.82) is 0 Å². The average Bonchev–Trinajstić information content (AvgIpc) is 2.85. The first-order valence-electron chi connectivity index (χ1n) is 4.26. The van der Waals surface area contributed by atoms with Gasteiger partial charge in [-0.2, -0.15) is 0 Å². The minimum absolute atomic E-state index is 0.718. The standard InChI is InChI=1S/C8H7N5S/c1-2-14-8(10-1)13-5-12-7-6(13)3-9-4-11-7/h3-5H,1-2H2. The molecule has 0 unspecified atom stereocenters. The Balaban J connectivity index is 2.21. The van der Waals surface area contributed by atoms with Crippen LogP contribution in [0.25, 0.3) is 11.2 Å². The van der Waals surface area contributed by atoms with Crippen LogP contribution in [-0.2, 0) is 0 Å². The van der Waals surface area contributed by atoms with Gasteiger partial charge in [0.1, 0.15) is 18.2 Å². The summed E-state index contributed by atoms with van der Waals surface area (Å²) in [6, 6.07) is 0. The van der Waals surface area contributed by atoms with Crippen molar-refractivity contribution >= 4 is 28.1 Å². The molecule has 0 amide bonds. The summed E-state index contributed by atoms with van der Waals surface area (Å²) in [6.45, 7) is 0.882. The maximum Gasteiger partial charge on any atom is 0.181 e. The molecule has 0 aromatic carbocycles. The molecule has 3 heterocycles. The molecule has 0 fully saturated rings. The Bertz CT molecular complexity index is 503. The number of aliphatic imine (C=N–C) groups is 1. The molecule has 0 saturated carbocycles. The molecule has 5 nitrogen and oxygen atoms in total. The second-order valence-electron chi connectivity index (χ2n) is 2.86. The third-order valence-electron chi connectivity index (χ3n) is 2.00. The Morgan fingerprint density at radius 1 is 1.36 bits per heavy atom.